The summed E-state index contributed by atoms with van der Waals surface area (Å²) in [7, 11) is -2.10. The molecule has 1 aliphatic heterocycles. The first-order valence-corrected chi connectivity index (χ1v) is 22.0. The predicted molar refractivity (Wildman–Crippen MR) is 234 cm³/mol. The van der Waals surface area contributed by atoms with Crippen molar-refractivity contribution in [1.82, 2.24) is 9.97 Å². The maximum absolute atomic E-state index is 5.51. The quantitative estimate of drug-likeness (QED) is 0.160. The fourth-order valence-electron chi connectivity index (χ4n) is 8.48. The molecule has 0 amide bonds. The molecule has 2 nitrogen and oxygen atoms in total. The van der Waals surface area contributed by atoms with Gasteiger partial charge in [-0.3, -0.25) is 0 Å². The van der Waals surface area contributed by atoms with Crippen LogP contribution in [0.15, 0.2) is 194 Å². The van der Waals surface area contributed by atoms with E-state index in [1.165, 1.54) is 65.7 Å². The van der Waals surface area contributed by atoms with Gasteiger partial charge in [0.25, 0.3) is 0 Å². The van der Waals surface area contributed by atoms with Crippen LogP contribution in [0.2, 0.25) is 13.1 Å². The second-order valence-electron chi connectivity index (χ2n) is 15.0. The Morgan fingerprint density at radius 1 is 0.345 bits per heavy atom. The average molecular weight is 719 g/mol. The summed E-state index contributed by atoms with van der Waals surface area (Å²) in [6.45, 7) is 4.89. The summed E-state index contributed by atoms with van der Waals surface area (Å²) >= 11 is 0. The summed E-state index contributed by atoms with van der Waals surface area (Å²) in [6.07, 6.45) is 0. The lowest BCUT2D eigenvalue weighted by atomic mass is 9.92. The molecule has 2 heterocycles. The van der Waals surface area contributed by atoms with Crippen LogP contribution in [0.3, 0.4) is 0 Å². The molecule has 260 valence electrons. The summed E-state index contributed by atoms with van der Waals surface area (Å²) in [5.41, 5.74) is 15.0. The molecule has 0 atom stereocenters. The van der Waals surface area contributed by atoms with E-state index in [2.05, 4.69) is 207 Å². The first kappa shape index (κ1) is 32.9. The van der Waals surface area contributed by atoms with Crippen LogP contribution < -0.4 is 10.4 Å². The highest BCUT2D eigenvalue weighted by atomic mass is 28.3. The molecule has 0 spiro atoms. The van der Waals surface area contributed by atoms with Crippen molar-refractivity contribution in [3.63, 3.8) is 0 Å². The molecular weight excluding hydrogens is 681 g/mol. The average Bonchev–Trinajstić information content (AvgIpc) is 3.49. The second-order valence-corrected chi connectivity index (χ2v) is 19.3. The molecule has 9 aromatic rings. The van der Waals surface area contributed by atoms with Crippen molar-refractivity contribution in [1.29, 1.82) is 0 Å². The molecule has 0 radical (unpaired) electrons. The van der Waals surface area contributed by atoms with Crippen molar-refractivity contribution in [2.24, 2.45) is 0 Å². The summed E-state index contributed by atoms with van der Waals surface area (Å²) in [5.74, 6) is 0.754. The van der Waals surface area contributed by atoms with Crippen molar-refractivity contribution in [3.05, 3.63) is 194 Å². The standard InChI is InChI=1S/C52H38N2Si/c1-55(2)48-29-12-11-27-47(48)50-51(55)49(46-28-15-21-37-20-9-10-26-45(37)46)53-52(54-50)41-25-14-23-39(31-41)38-22-13-24-40(30-38)44-33-42(35-16-5-3-6-17-35)32-43(34-44)36-18-7-4-8-19-36/h3-34H,1-2H3. The Labute approximate surface area is 323 Å². The second kappa shape index (κ2) is 13.3. The number of aromatic nitrogens is 2. The SMILES string of the molecule is C[Si]1(C)c2ccccc2-c2nc(-c3cccc(-c4cccc(-c5cc(-c6ccccc6)cc(-c6ccccc6)c5)c4)c3)nc(-c3cccc4ccccc34)c21. The minimum atomic E-state index is -2.10. The van der Waals surface area contributed by atoms with Gasteiger partial charge in [-0.15, -0.1) is 0 Å². The Morgan fingerprint density at radius 2 is 0.764 bits per heavy atom. The van der Waals surface area contributed by atoms with Crippen LogP contribution in [-0.4, -0.2) is 18.0 Å². The van der Waals surface area contributed by atoms with E-state index in [1.54, 1.807) is 0 Å². The lowest BCUT2D eigenvalue weighted by molar-refractivity contribution is 1.20. The zero-order valence-corrected chi connectivity index (χ0v) is 31.9. The Balaban J connectivity index is 1.11. The Morgan fingerprint density at radius 3 is 1.44 bits per heavy atom. The number of hydrogen-bond acceptors (Lipinski definition) is 2. The molecule has 0 N–H and O–H groups in total. The zero-order chi connectivity index (χ0) is 36.9. The molecule has 0 bridgehead atoms. The van der Waals surface area contributed by atoms with Gasteiger partial charge in [0, 0.05) is 11.1 Å². The van der Waals surface area contributed by atoms with Crippen LogP contribution in [0, 0.1) is 0 Å². The number of rotatable bonds is 6. The molecule has 55 heavy (non-hydrogen) atoms. The van der Waals surface area contributed by atoms with Crippen molar-refractivity contribution >= 4 is 29.2 Å². The van der Waals surface area contributed by atoms with Crippen molar-refractivity contribution in [2.75, 3.05) is 0 Å². The largest absolute Gasteiger partial charge is 0.228 e. The monoisotopic (exact) mass is 718 g/mol. The van der Waals surface area contributed by atoms with Crippen LogP contribution >= 0.6 is 0 Å². The topological polar surface area (TPSA) is 25.8 Å². The van der Waals surface area contributed by atoms with Crippen molar-refractivity contribution in [3.8, 4) is 78.4 Å². The predicted octanol–water partition coefficient (Wildman–Crippen LogP) is 12.4. The molecule has 0 saturated carbocycles. The lowest BCUT2D eigenvalue weighted by Crippen LogP contribution is -2.50. The lowest BCUT2D eigenvalue weighted by Gasteiger charge is -2.22. The smallest absolute Gasteiger partial charge is 0.160 e. The van der Waals surface area contributed by atoms with Crippen LogP contribution in [0.4, 0.5) is 0 Å². The van der Waals surface area contributed by atoms with Crippen LogP contribution in [0.5, 0.6) is 0 Å². The minimum absolute atomic E-state index is 0.754. The summed E-state index contributed by atoms with van der Waals surface area (Å²) in [4.78, 5) is 10.9. The number of hydrogen-bond donors (Lipinski definition) is 0. The van der Waals surface area contributed by atoms with Gasteiger partial charge in [-0.2, -0.15) is 0 Å². The number of fused-ring (bicyclic) bond motifs is 4. The minimum Gasteiger partial charge on any atom is -0.228 e. The zero-order valence-electron chi connectivity index (χ0n) is 30.9. The van der Waals surface area contributed by atoms with Gasteiger partial charge < -0.3 is 0 Å². The third-order valence-electron chi connectivity index (χ3n) is 11.2. The van der Waals surface area contributed by atoms with E-state index in [1.807, 2.05) is 0 Å². The first-order valence-electron chi connectivity index (χ1n) is 19.0. The highest BCUT2D eigenvalue weighted by Gasteiger charge is 2.41. The van der Waals surface area contributed by atoms with E-state index in [9.17, 15) is 0 Å². The van der Waals surface area contributed by atoms with E-state index in [-0.39, 0.29) is 0 Å². The summed E-state index contributed by atoms with van der Waals surface area (Å²) in [5, 5.41) is 5.19. The molecule has 8 aromatic carbocycles. The van der Waals surface area contributed by atoms with Gasteiger partial charge in [0.05, 0.1) is 11.4 Å². The van der Waals surface area contributed by atoms with Gasteiger partial charge in [0.15, 0.2) is 5.82 Å². The molecule has 10 rings (SSSR count). The molecule has 0 fully saturated rings. The van der Waals surface area contributed by atoms with Gasteiger partial charge in [-0.25, -0.2) is 9.97 Å². The van der Waals surface area contributed by atoms with E-state index in [4.69, 9.17) is 9.97 Å². The number of benzene rings is 8. The molecule has 3 heteroatoms. The Bertz CT molecular complexity index is 2830. The van der Waals surface area contributed by atoms with E-state index in [0.29, 0.717) is 0 Å². The van der Waals surface area contributed by atoms with Crippen LogP contribution in [-0.2, 0) is 0 Å². The fourth-order valence-corrected chi connectivity index (χ4v) is 11.7. The Hall–Kier alpha value is -6.68. The first-order chi connectivity index (χ1) is 27.0. The van der Waals surface area contributed by atoms with Gasteiger partial charge >= 0.3 is 0 Å². The van der Waals surface area contributed by atoms with Crippen molar-refractivity contribution in [2.45, 2.75) is 13.1 Å². The van der Waals surface area contributed by atoms with Gasteiger partial charge in [-0.05, 0) is 102 Å². The summed E-state index contributed by atoms with van der Waals surface area (Å²) in [6, 6.07) is 70.0. The fraction of sp³-hybridized carbons (Fsp3) is 0.0385. The van der Waals surface area contributed by atoms with Crippen LogP contribution in [0.1, 0.15) is 0 Å². The Kier molecular flexibility index (Phi) is 7.97. The molecular formula is C52H38N2Si. The molecule has 0 saturated heterocycles. The van der Waals surface area contributed by atoms with E-state index >= 15 is 0 Å². The molecule has 0 unspecified atom stereocenters. The van der Waals surface area contributed by atoms with Gasteiger partial charge in [0.1, 0.15) is 8.07 Å². The van der Waals surface area contributed by atoms with E-state index < -0.39 is 8.07 Å². The third-order valence-corrected chi connectivity index (χ3v) is 14.7. The van der Waals surface area contributed by atoms with E-state index in [0.717, 1.165) is 33.9 Å². The maximum atomic E-state index is 5.51. The van der Waals surface area contributed by atoms with Gasteiger partial charge in [-0.1, -0.05) is 177 Å². The molecule has 1 aromatic heterocycles. The van der Waals surface area contributed by atoms with Gasteiger partial charge in [0.2, 0.25) is 0 Å². The highest BCUT2D eigenvalue weighted by molar-refractivity contribution is 7.04. The van der Waals surface area contributed by atoms with Crippen molar-refractivity contribution < 1.29 is 0 Å². The molecule has 0 aliphatic carbocycles. The maximum Gasteiger partial charge on any atom is 0.160 e. The van der Waals surface area contributed by atoms with Crippen LogP contribution in [0.25, 0.3) is 89.2 Å². The summed E-state index contributed by atoms with van der Waals surface area (Å²) < 4.78 is 0. The normalized spacial score (nSPS) is 12.7. The molecule has 1 aliphatic rings. The number of nitrogens with zero attached hydrogens (tertiary/aromatic N) is 2. The third kappa shape index (κ3) is 5.81. The highest BCUT2D eigenvalue weighted by Crippen LogP contribution is 2.38.